The Morgan fingerprint density at radius 3 is 2.50 bits per heavy atom. The molecular weight excluding hydrogens is 224 g/mol. The molecule has 1 aliphatic carbocycles. The van der Waals surface area contributed by atoms with E-state index < -0.39 is 0 Å². The molecule has 92 valence electrons. The zero-order chi connectivity index (χ0) is 13.0. The number of hydrogen-bond donors (Lipinski definition) is 0. The van der Waals surface area contributed by atoms with E-state index in [1.54, 1.807) is 0 Å². The Morgan fingerprint density at radius 1 is 1.11 bits per heavy atom. The van der Waals surface area contributed by atoms with Gasteiger partial charge < -0.3 is 0 Å². The quantitative estimate of drug-likeness (QED) is 0.585. The molecule has 0 aromatic heterocycles. The lowest BCUT2D eigenvalue weighted by Crippen LogP contribution is -2.13. The highest BCUT2D eigenvalue weighted by molar-refractivity contribution is 5.54. The van der Waals surface area contributed by atoms with Crippen LogP contribution in [0.4, 0.5) is 5.69 Å². The Hall–Kier alpha value is -2.16. The van der Waals surface area contributed by atoms with Gasteiger partial charge in [0.1, 0.15) is 0 Å². The topological polar surface area (TPSA) is 32.7 Å². The van der Waals surface area contributed by atoms with Crippen molar-refractivity contribution in [1.29, 1.82) is 0 Å². The number of anilines is 1. The zero-order valence-corrected chi connectivity index (χ0v) is 10.6. The predicted molar refractivity (Wildman–Crippen MR) is 74.9 cm³/mol. The molecule has 0 amide bonds. The second-order valence-corrected chi connectivity index (χ2v) is 4.83. The van der Waals surface area contributed by atoms with E-state index in [1.807, 2.05) is 48.6 Å². The van der Waals surface area contributed by atoms with Crippen LogP contribution < -0.4 is 5.01 Å². The Kier molecular flexibility index (Phi) is 3.42. The summed E-state index contributed by atoms with van der Waals surface area (Å²) in [7, 11) is 0. The molecule has 0 fully saturated rings. The Balaban J connectivity index is 2.33. The number of nitroso groups, excluding NO2 is 1. The van der Waals surface area contributed by atoms with Gasteiger partial charge in [-0.25, -0.2) is 0 Å². The molecule has 3 nitrogen and oxygen atoms in total. The van der Waals surface area contributed by atoms with Crippen molar-refractivity contribution in [3.63, 3.8) is 0 Å². The van der Waals surface area contributed by atoms with Crippen LogP contribution >= 0.6 is 0 Å². The first-order valence-corrected chi connectivity index (χ1v) is 5.90. The number of hydrogen-bond acceptors (Lipinski definition) is 2. The normalized spacial score (nSPS) is 16.9. The van der Waals surface area contributed by atoms with Gasteiger partial charge in [-0.05, 0) is 24.3 Å². The first kappa shape index (κ1) is 12.3. The Morgan fingerprint density at radius 2 is 1.83 bits per heavy atom. The maximum absolute atomic E-state index is 11.1. The average Bonchev–Trinajstić information content (AvgIpc) is 2.54. The molecule has 0 aliphatic heterocycles. The van der Waals surface area contributed by atoms with E-state index in [2.05, 4.69) is 31.3 Å². The molecule has 18 heavy (non-hydrogen) atoms. The van der Waals surface area contributed by atoms with Crippen LogP contribution in [0.3, 0.4) is 0 Å². The molecule has 0 saturated carbocycles. The van der Waals surface area contributed by atoms with Crippen LogP contribution in [0.2, 0.25) is 0 Å². The minimum absolute atomic E-state index is 0.0104. The number of rotatable bonds is 3. The summed E-state index contributed by atoms with van der Waals surface area (Å²) in [4.78, 5) is 11.1. The molecule has 0 unspecified atom stereocenters. The number of benzene rings is 1. The highest BCUT2D eigenvalue weighted by atomic mass is 16.3. The van der Waals surface area contributed by atoms with Crippen molar-refractivity contribution < 1.29 is 0 Å². The fraction of sp³-hybridized carbons (Fsp3) is 0.200. The van der Waals surface area contributed by atoms with Gasteiger partial charge in [-0.15, -0.1) is 4.91 Å². The molecule has 0 saturated heterocycles. The fourth-order valence-corrected chi connectivity index (χ4v) is 1.76. The molecule has 0 atom stereocenters. The third-order valence-electron chi connectivity index (χ3n) is 2.80. The van der Waals surface area contributed by atoms with Gasteiger partial charge in [-0.2, -0.15) is 5.01 Å². The van der Waals surface area contributed by atoms with Gasteiger partial charge >= 0.3 is 0 Å². The van der Waals surface area contributed by atoms with E-state index in [-0.39, 0.29) is 5.41 Å². The first-order valence-electron chi connectivity index (χ1n) is 5.90. The zero-order valence-electron chi connectivity index (χ0n) is 10.6. The lowest BCUT2D eigenvalue weighted by molar-refractivity contribution is 0.626. The van der Waals surface area contributed by atoms with Crippen molar-refractivity contribution in [3.05, 3.63) is 71.3 Å². The third-order valence-corrected chi connectivity index (χ3v) is 2.80. The summed E-state index contributed by atoms with van der Waals surface area (Å²) in [6.07, 6.45) is 9.92. The maximum atomic E-state index is 11.1. The molecule has 1 aromatic rings. The highest BCUT2D eigenvalue weighted by Crippen LogP contribution is 2.26. The van der Waals surface area contributed by atoms with Gasteiger partial charge in [0.05, 0.1) is 16.7 Å². The smallest absolute Gasteiger partial charge is 0.0685 e. The molecule has 2 rings (SSSR count). The summed E-state index contributed by atoms with van der Waals surface area (Å²) in [5, 5.41) is 4.49. The molecule has 0 bridgehead atoms. The van der Waals surface area contributed by atoms with Crippen LogP contribution in [-0.2, 0) is 0 Å². The number of nitrogens with zero attached hydrogens (tertiary/aromatic N) is 2. The van der Waals surface area contributed by atoms with Crippen LogP contribution in [0.5, 0.6) is 0 Å². The monoisotopic (exact) mass is 240 g/mol. The van der Waals surface area contributed by atoms with Gasteiger partial charge in [0.2, 0.25) is 0 Å². The fourth-order valence-electron chi connectivity index (χ4n) is 1.76. The standard InChI is InChI=1S/C15H16N2O/c1-15(2)11-6-9-14(10-12-15)17(16-18)13-7-4-3-5-8-13/h3-12H,1-2H3. The summed E-state index contributed by atoms with van der Waals surface area (Å²) >= 11 is 0. The van der Waals surface area contributed by atoms with Crippen molar-refractivity contribution in [2.75, 3.05) is 5.01 Å². The van der Waals surface area contributed by atoms with E-state index in [0.717, 1.165) is 11.4 Å². The molecule has 1 aromatic carbocycles. The van der Waals surface area contributed by atoms with Gasteiger partial charge in [0.15, 0.2) is 0 Å². The van der Waals surface area contributed by atoms with Crippen LogP contribution in [0, 0.1) is 10.3 Å². The summed E-state index contributed by atoms with van der Waals surface area (Å²) in [6, 6.07) is 9.39. The van der Waals surface area contributed by atoms with Crippen molar-refractivity contribution in [1.82, 2.24) is 0 Å². The summed E-state index contributed by atoms with van der Waals surface area (Å²) in [5.41, 5.74) is 1.51. The van der Waals surface area contributed by atoms with Crippen molar-refractivity contribution in [2.45, 2.75) is 13.8 Å². The van der Waals surface area contributed by atoms with Gasteiger partial charge in [-0.3, -0.25) is 0 Å². The van der Waals surface area contributed by atoms with E-state index in [4.69, 9.17) is 0 Å². The summed E-state index contributed by atoms with van der Waals surface area (Å²) in [6.45, 7) is 4.22. The maximum Gasteiger partial charge on any atom is 0.0685 e. The van der Waals surface area contributed by atoms with Crippen LogP contribution in [0.15, 0.2) is 71.7 Å². The van der Waals surface area contributed by atoms with E-state index >= 15 is 0 Å². The molecule has 0 heterocycles. The molecule has 0 radical (unpaired) electrons. The molecule has 3 heteroatoms. The van der Waals surface area contributed by atoms with Crippen molar-refractivity contribution in [3.8, 4) is 0 Å². The minimum atomic E-state index is -0.0104. The SMILES string of the molecule is CC1(C)C=CC=C(N(N=O)c2ccccc2)C=C1. The summed E-state index contributed by atoms with van der Waals surface area (Å²) in [5.74, 6) is 0. The number of para-hydroxylation sites is 1. The molecule has 0 spiro atoms. The molecule has 1 aliphatic rings. The van der Waals surface area contributed by atoms with Crippen molar-refractivity contribution >= 4 is 5.69 Å². The second kappa shape index (κ2) is 5.00. The summed E-state index contributed by atoms with van der Waals surface area (Å²) < 4.78 is 0. The van der Waals surface area contributed by atoms with Gasteiger partial charge in [0, 0.05) is 5.41 Å². The minimum Gasteiger partial charge on any atom is -0.198 e. The number of allylic oxidation sites excluding steroid dienone is 5. The van der Waals surface area contributed by atoms with Crippen LogP contribution in [-0.4, -0.2) is 0 Å². The first-order chi connectivity index (χ1) is 8.62. The lowest BCUT2D eigenvalue weighted by Gasteiger charge is -2.16. The Labute approximate surface area is 107 Å². The largest absolute Gasteiger partial charge is 0.198 e. The van der Waals surface area contributed by atoms with Gasteiger partial charge in [0.25, 0.3) is 0 Å². The Bertz CT molecular complexity index is 513. The average molecular weight is 240 g/mol. The third kappa shape index (κ3) is 2.74. The highest BCUT2D eigenvalue weighted by Gasteiger charge is 2.15. The lowest BCUT2D eigenvalue weighted by atomic mass is 9.93. The van der Waals surface area contributed by atoms with E-state index in [9.17, 15) is 4.91 Å². The molecular formula is C15H16N2O. The van der Waals surface area contributed by atoms with Crippen molar-refractivity contribution in [2.24, 2.45) is 10.7 Å². The van der Waals surface area contributed by atoms with Gasteiger partial charge in [-0.1, -0.05) is 50.3 Å². The second-order valence-electron chi connectivity index (χ2n) is 4.83. The van der Waals surface area contributed by atoms with E-state index in [1.165, 1.54) is 5.01 Å². The molecule has 0 N–H and O–H groups in total. The predicted octanol–water partition coefficient (Wildman–Crippen LogP) is 4.21. The van der Waals surface area contributed by atoms with E-state index in [0.29, 0.717) is 0 Å². The van der Waals surface area contributed by atoms with Crippen LogP contribution in [0.1, 0.15) is 13.8 Å². The van der Waals surface area contributed by atoms with Crippen LogP contribution in [0.25, 0.3) is 0 Å².